The van der Waals surface area contributed by atoms with E-state index in [2.05, 4.69) is 0 Å². The van der Waals surface area contributed by atoms with Crippen molar-refractivity contribution < 1.29 is 19.1 Å². The van der Waals surface area contributed by atoms with Crippen LogP contribution in [0.25, 0.3) is 0 Å². The van der Waals surface area contributed by atoms with E-state index in [0.29, 0.717) is 32.8 Å². The van der Waals surface area contributed by atoms with Crippen LogP contribution in [0, 0.1) is 0 Å². The summed E-state index contributed by atoms with van der Waals surface area (Å²) in [7, 11) is 1.60. The van der Waals surface area contributed by atoms with E-state index in [0.717, 1.165) is 12.0 Å². The minimum atomic E-state index is -0.946. The zero-order chi connectivity index (χ0) is 16.3. The van der Waals surface area contributed by atoms with Gasteiger partial charge in [0.2, 0.25) is 5.91 Å². The lowest BCUT2D eigenvalue weighted by Gasteiger charge is -2.31. The topological polar surface area (TPSA) is 59.1 Å². The number of benzene rings is 1. The fourth-order valence-electron chi connectivity index (χ4n) is 3.25. The maximum absolute atomic E-state index is 13.1. The number of nitrogens with zero attached hydrogens (tertiary/aromatic N) is 2. The molecular formula is C17H22N2O4. The highest BCUT2D eigenvalue weighted by Gasteiger charge is 2.48. The lowest BCUT2D eigenvalue weighted by Crippen LogP contribution is -2.46. The van der Waals surface area contributed by atoms with Gasteiger partial charge >= 0.3 is 0 Å². The highest BCUT2D eigenvalue weighted by atomic mass is 16.5. The van der Waals surface area contributed by atoms with Gasteiger partial charge in [0.15, 0.2) is 5.60 Å². The number of carbonyl (C=O) groups excluding carboxylic acids is 2. The van der Waals surface area contributed by atoms with Crippen LogP contribution in [0.3, 0.4) is 0 Å². The van der Waals surface area contributed by atoms with Gasteiger partial charge in [-0.2, -0.15) is 0 Å². The van der Waals surface area contributed by atoms with Gasteiger partial charge in [-0.1, -0.05) is 30.3 Å². The highest BCUT2D eigenvalue weighted by Crippen LogP contribution is 2.38. The summed E-state index contributed by atoms with van der Waals surface area (Å²) in [6, 6.07) is 9.58. The van der Waals surface area contributed by atoms with E-state index in [1.165, 1.54) is 0 Å². The number of rotatable bonds is 5. The molecule has 6 heteroatoms. The standard InChI is InChI=1S/C17H22N2O4/c1-22-11-9-18-13-19(12-15(18)20)16(21)17(8-5-10-23-17)14-6-3-2-4-7-14/h2-4,6-7H,5,8-13H2,1H3. The van der Waals surface area contributed by atoms with Crippen LogP contribution in [0.4, 0.5) is 0 Å². The first-order valence-electron chi connectivity index (χ1n) is 7.93. The summed E-state index contributed by atoms with van der Waals surface area (Å²) >= 11 is 0. The van der Waals surface area contributed by atoms with Gasteiger partial charge in [0.1, 0.15) is 6.54 Å². The Morgan fingerprint density at radius 1 is 1.35 bits per heavy atom. The molecule has 0 aliphatic carbocycles. The van der Waals surface area contributed by atoms with E-state index >= 15 is 0 Å². The largest absolute Gasteiger partial charge is 0.383 e. The van der Waals surface area contributed by atoms with Crippen molar-refractivity contribution in [1.82, 2.24) is 9.80 Å². The Morgan fingerprint density at radius 3 is 2.78 bits per heavy atom. The van der Waals surface area contributed by atoms with E-state index in [4.69, 9.17) is 9.47 Å². The molecule has 1 aromatic carbocycles. The first-order valence-corrected chi connectivity index (χ1v) is 7.93. The third kappa shape index (κ3) is 2.96. The number of ether oxygens (including phenoxy) is 2. The summed E-state index contributed by atoms with van der Waals surface area (Å²) in [5.41, 5.74) is -0.0796. The van der Waals surface area contributed by atoms with Crippen molar-refractivity contribution in [3.63, 3.8) is 0 Å². The Balaban J connectivity index is 1.79. The molecule has 0 saturated carbocycles. The molecule has 0 N–H and O–H groups in total. The van der Waals surface area contributed by atoms with Crippen molar-refractivity contribution in [3.8, 4) is 0 Å². The molecule has 2 aliphatic heterocycles. The minimum Gasteiger partial charge on any atom is -0.383 e. The van der Waals surface area contributed by atoms with Crippen LogP contribution in [0.15, 0.2) is 30.3 Å². The van der Waals surface area contributed by atoms with Gasteiger partial charge in [0.25, 0.3) is 5.91 Å². The Bertz CT molecular complexity index is 569. The van der Waals surface area contributed by atoms with Crippen LogP contribution in [0.1, 0.15) is 18.4 Å². The molecule has 6 nitrogen and oxygen atoms in total. The minimum absolute atomic E-state index is 0.0448. The number of carbonyl (C=O) groups is 2. The molecule has 3 rings (SSSR count). The molecule has 2 fully saturated rings. The van der Waals surface area contributed by atoms with Crippen LogP contribution in [-0.4, -0.2) is 61.7 Å². The molecule has 23 heavy (non-hydrogen) atoms. The lowest BCUT2D eigenvalue weighted by atomic mass is 9.89. The van der Waals surface area contributed by atoms with Crippen molar-refractivity contribution in [2.24, 2.45) is 0 Å². The van der Waals surface area contributed by atoms with Crippen LogP contribution in [0.5, 0.6) is 0 Å². The Hall–Kier alpha value is -1.92. The molecule has 0 aromatic heterocycles. The molecule has 0 bridgehead atoms. The predicted octanol–water partition coefficient (Wildman–Crippen LogP) is 0.967. The summed E-state index contributed by atoms with van der Waals surface area (Å²) in [4.78, 5) is 28.5. The summed E-state index contributed by atoms with van der Waals surface area (Å²) in [6.07, 6.45) is 1.49. The van der Waals surface area contributed by atoms with Gasteiger partial charge < -0.3 is 19.3 Å². The van der Waals surface area contributed by atoms with E-state index in [1.807, 2.05) is 30.3 Å². The van der Waals surface area contributed by atoms with Gasteiger partial charge in [-0.05, 0) is 18.4 Å². The van der Waals surface area contributed by atoms with E-state index < -0.39 is 5.60 Å². The molecule has 1 atom stereocenters. The van der Waals surface area contributed by atoms with E-state index in [1.54, 1.807) is 16.9 Å². The fourth-order valence-corrected chi connectivity index (χ4v) is 3.25. The second-order valence-electron chi connectivity index (χ2n) is 5.94. The first kappa shape index (κ1) is 16.0. The molecule has 1 aromatic rings. The summed E-state index contributed by atoms with van der Waals surface area (Å²) in [6.45, 7) is 1.95. The average Bonchev–Trinajstić information content (AvgIpc) is 3.21. The van der Waals surface area contributed by atoms with Gasteiger partial charge in [-0.15, -0.1) is 0 Å². The van der Waals surface area contributed by atoms with Crippen molar-refractivity contribution in [2.75, 3.05) is 40.1 Å². The Morgan fingerprint density at radius 2 is 2.13 bits per heavy atom. The van der Waals surface area contributed by atoms with Crippen LogP contribution in [-0.2, 0) is 24.7 Å². The third-order valence-corrected chi connectivity index (χ3v) is 4.48. The number of amides is 2. The first-order chi connectivity index (χ1) is 11.2. The number of hydrogen-bond donors (Lipinski definition) is 0. The summed E-state index contributed by atoms with van der Waals surface area (Å²) in [5.74, 6) is -0.161. The van der Waals surface area contributed by atoms with Crippen molar-refractivity contribution in [3.05, 3.63) is 35.9 Å². The van der Waals surface area contributed by atoms with Crippen molar-refractivity contribution >= 4 is 11.8 Å². The second kappa shape index (κ2) is 6.68. The molecule has 0 radical (unpaired) electrons. The molecule has 2 saturated heterocycles. The molecule has 2 heterocycles. The maximum Gasteiger partial charge on any atom is 0.261 e. The van der Waals surface area contributed by atoms with Gasteiger partial charge in [-0.3, -0.25) is 9.59 Å². The third-order valence-electron chi connectivity index (χ3n) is 4.48. The predicted molar refractivity (Wildman–Crippen MR) is 83.5 cm³/mol. The molecule has 2 amide bonds. The van der Waals surface area contributed by atoms with Gasteiger partial charge in [0.05, 0.1) is 13.3 Å². The zero-order valence-corrected chi connectivity index (χ0v) is 13.4. The van der Waals surface area contributed by atoms with Gasteiger partial charge in [0, 0.05) is 20.3 Å². The normalized spacial score (nSPS) is 24.5. The highest BCUT2D eigenvalue weighted by molar-refractivity contribution is 5.92. The summed E-state index contributed by atoms with van der Waals surface area (Å²) in [5, 5.41) is 0. The van der Waals surface area contributed by atoms with Crippen LogP contribution in [0.2, 0.25) is 0 Å². The zero-order valence-electron chi connectivity index (χ0n) is 13.4. The number of hydrogen-bond acceptors (Lipinski definition) is 4. The monoisotopic (exact) mass is 318 g/mol. The van der Waals surface area contributed by atoms with Gasteiger partial charge in [-0.25, -0.2) is 0 Å². The Labute approximate surface area is 136 Å². The van der Waals surface area contributed by atoms with Crippen LogP contribution >= 0.6 is 0 Å². The smallest absolute Gasteiger partial charge is 0.261 e. The lowest BCUT2D eigenvalue weighted by molar-refractivity contribution is -0.154. The summed E-state index contributed by atoms with van der Waals surface area (Å²) < 4.78 is 10.9. The quantitative estimate of drug-likeness (QED) is 0.812. The SMILES string of the molecule is COCCN1CN(C(=O)C2(c3ccccc3)CCCO2)CC1=O. The van der Waals surface area contributed by atoms with Crippen molar-refractivity contribution in [1.29, 1.82) is 0 Å². The van der Waals surface area contributed by atoms with Crippen LogP contribution < -0.4 is 0 Å². The van der Waals surface area contributed by atoms with Crippen molar-refractivity contribution in [2.45, 2.75) is 18.4 Å². The fraction of sp³-hybridized carbons (Fsp3) is 0.529. The second-order valence-corrected chi connectivity index (χ2v) is 5.94. The Kier molecular flexibility index (Phi) is 4.63. The van der Waals surface area contributed by atoms with E-state index in [-0.39, 0.29) is 18.4 Å². The average molecular weight is 318 g/mol. The molecule has 124 valence electrons. The molecular weight excluding hydrogens is 296 g/mol. The van der Waals surface area contributed by atoms with E-state index in [9.17, 15) is 9.59 Å². The number of methoxy groups -OCH3 is 1. The molecule has 2 aliphatic rings. The maximum atomic E-state index is 13.1. The molecule has 1 unspecified atom stereocenters. The molecule has 0 spiro atoms.